The van der Waals surface area contributed by atoms with Gasteiger partial charge in [-0.2, -0.15) is 0 Å². The zero-order valence-corrected chi connectivity index (χ0v) is 11.0. The Morgan fingerprint density at radius 3 is 2.44 bits per heavy atom. The average Bonchev–Trinajstić information content (AvgIpc) is 2.61. The number of Topliss-reactive ketones (excluding diaryl/α,β-unsaturated/α-hetero) is 1. The zero-order valence-electron chi connectivity index (χ0n) is 9.04. The van der Waals surface area contributed by atoms with Crippen LogP contribution in [0.1, 0.15) is 17.4 Å². The van der Waals surface area contributed by atoms with Crippen LogP contribution in [-0.2, 0) is 0 Å². The van der Waals surface area contributed by atoms with Gasteiger partial charge in [-0.3, -0.25) is 4.79 Å². The van der Waals surface area contributed by atoms with Crippen LogP contribution >= 0.6 is 0 Å². The zero-order chi connectivity index (χ0) is 10.8. The number of rotatable bonds is 2. The Kier molecular flexibility index (Phi) is 4.23. The number of ketones is 1. The number of carbonyl (C=O) groups is 1. The van der Waals surface area contributed by atoms with Gasteiger partial charge >= 0.3 is 29.6 Å². The molecule has 0 unspecified atom stereocenters. The third-order valence-electron chi connectivity index (χ3n) is 1.96. The van der Waals surface area contributed by atoms with Crippen molar-refractivity contribution in [3.63, 3.8) is 0 Å². The molecule has 16 heavy (non-hydrogen) atoms. The van der Waals surface area contributed by atoms with E-state index in [4.69, 9.17) is 0 Å². The number of para-hydroxylation sites is 1. The standard InChI is InChI=1S/C10H9N3O2.Na/c1-7(14)9-10(15)13(12-11-9)8-5-3-2-4-6-8;/h2-6,15H,1H3;/q;+1/p-1. The Hall–Kier alpha value is -1.17. The van der Waals surface area contributed by atoms with Gasteiger partial charge in [0.25, 0.3) is 0 Å². The molecule has 1 heterocycles. The number of hydrogen-bond acceptors (Lipinski definition) is 4. The summed E-state index contributed by atoms with van der Waals surface area (Å²) in [6.07, 6.45) is 0. The Balaban J connectivity index is 0.00000128. The van der Waals surface area contributed by atoms with E-state index in [1.54, 1.807) is 24.3 Å². The minimum Gasteiger partial charge on any atom is -0.857 e. The van der Waals surface area contributed by atoms with Crippen LogP contribution in [0.15, 0.2) is 30.3 Å². The number of nitrogens with zero attached hydrogens (tertiary/aromatic N) is 3. The molecule has 5 nitrogen and oxygen atoms in total. The molecule has 0 amide bonds. The summed E-state index contributed by atoms with van der Waals surface area (Å²) in [5.74, 6) is -0.851. The van der Waals surface area contributed by atoms with Gasteiger partial charge in [-0.05, 0) is 12.1 Å². The van der Waals surface area contributed by atoms with Gasteiger partial charge in [0.15, 0.2) is 5.78 Å². The molecule has 0 spiro atoms. The van der Waals surface area contributed by atoms with Gasteiger partial charge in [-0.1, -0.05) is 23.4 Å². The van der Waals surface area contributed by atoms with Crippen LogP contribution in [0.2, 0.25) is 0 Å². The van der Waals surface area contributed by atoms with Crippen LogP contribution < -0.4 is 34.7 Å². The second-order valence-electron chi connectivity index (χ2n) is 3.05. The molecule has 6 heteroatoms. The van der Waals surface area contributed by atoms with Crippen molar-refractivity contribution in [1.82, 2.24) is 15.0 Å². The van der Waals surface area contributed by atoms with Crippen molar-refractivity contribution in [3.8, 4) is 11.6 Å². The summed E-state index contributed by atoms with van der Waals surface area (Å²) in [5, 5.41) is 18.8. The quantitative estimate of drug-likeness (QED) is 0.420. The van der Waals surface area contributed by atoms with Crippen molar-refractivity contribution in [1.29, 1.82) is 0 Å². The van der Waals surface area contributed by atoms with Crippen LogP contribution in [0.4, 0.5) is 0 Å². The molecule has 0 saturated carbocycles. The van der Waals surface area contributed by atoms with Gasteiger partial charge in [0.1, 0.15) is 5.69 Å². The second kappa shape index (κ2) is 5.25. The third-order valence-corrected chi connectivity index (χ3v) is 1.96. The summed E-state index contributed by atoms with van der Waals surface area (Å²) in [7, 11) is 0. The fourth-order valence-electron chi connectivity index (χ4n) is 1.23. The topological polar surface area (TPSA) is 70.8 Å². The minimum absolute atomic E-state index is 0. The SMILES string of the molecule is CC(=O)c1nnn(-c2ccccc2)c1[O-].[Na+]. The van der Waals surface area contributed by atoms with E-state index in [1.165, 1.54) is 6.92 Å². The third kappa shape index (κ3) is 2.32. The maximum atomic E-state index is 11.6. The number of benzene rings is 1. The predicted octanol–water partition coefficient (Wildman–Crippen LogP) is -2.45. The van der Waals surface area contributed by atoms with Gasteiger partial charge in [0.05, 0.1) is 5.69 Å². The second-order valence-corrected chi connectivity index (χ2v) is 3.05. The molecule has 2 rings (SSSR count). The summed E-state index contributed by atoms with van der Waals surface area (Å²) in [6.45, 7) is 1.29. The van der Waals surface area contributed by atoms with E-state index in [-0.39, 0.29) is 41.0 Å². The van der Waals surface area contributed by atoms with E-state index in [2.05, 4.69) is 10.3 Å². The van der Waals surface area contributed by atoms with Crippen LogP contribution in [0.5, 0.6) is 5.88 Å². The van der Waals surface area contributed by atoms with E-state index < -0.39 is 5.88 Å². The Labute approximate surface area is 114 Å². The first-order valence-electron chi connectivity index (χ1n) is 4.39. The molecule has 0 aliphatic carbocycles. The first kappa shape index (κ1) is 12.9. The monoisotopic (exact) mass is 225 g/mol. The van der Waals surface area contributed by atoms with Gasteiger partial charge in [-0.25, -0.2) is 4.68 Å². The van der Waals surface area contributed by atoms with E-state index >= 15 is 0 Å². The maximum absolute atomic E-state index is 11.6. The Bertz CT molecular complexity index is 496. The summed E-state index contributed by atoms with van der Waals surface area (Å²) >= 11 is 0. The molecule has 0 aliphatic heterocycles. The van der Waals surface area contributed by atoms with E-state index in [9.17, 15) is 9.90 Å². The van der Waals surface area contributed by atoms with Gasteiger partial charge in [-0.15, -0.1) is 5.10 Å². The molecule has 0 fully saturated rings. The van der Waals surface area contributed by atoms with Gasteiger partial charge < -0.3 is 5.11 Å². The fraction of sp³-hybridized carbons (Fsp3) is 0.100. The van der Waals surface area contributed by atoms with E-state index in [0.29, 0.717) is 5.69 Å². The van der Waals surface area contributed by atoms with Crippen LogP contribution in [0.25, 0.3) is 5.69 Å². The molecule has 1 aromatic heterocycles. The molecule has 76 valence electrons. The molecule has 0 atom stereocenters. The summed E-state index contributed by atoms with van der Waals surface area (Å²) < 4.78 is 1.11. The van der Waals surface area contributed by atoms with Crippen LogP contribution in [-0.4, -0.2) is 20.8 Å². The van der Waals surface area contributed by atoms with Gasteiger partial charge in [0.2, 0.25) is 0 Å². The number of carbonyl (C=O) groups excluding carboxylic acids is 1. The summed E-state index contributed by atoms with van der Waals surface area (Å²) in [6, 6.07) is 8.84. The molecule has 0 aliphatic rings. The van der Waals surface area contributed by atoms with Crippen molar-refractivity contribution in [2.45, 2.75) is 6.92 Å². The van der Waals surface area contributed by atoms with Gasteiger partial charge in [0, 0.05) is 12.8 Å². The Morgan fingerprint density at radius 1 is 1.31 bits per heavy atom. The normalized spacial score (nSPS) is 9.56. The summed E-state index contributed by atoms with van der Waals surface area (Å²) in [4.78, 5) is 11.0. The molecular weight excluding hydrogens is 217 g/mol. The fourth-order valence-corrected chi connectivity index (χ4v) is 1.23. The average molecular weight is 225 g/mol. The first-order chi connectivity index (χ1) is 7.20. The van der Waals surface area contributed by atoms with Crippen molar-refractivity contribution in [2.75, 3.05) is 0 Å². The predicted molar refractivity (Wildman–Crippen MR) is 50.8 cm³/mol. The maximum Gasteiger partial charge on any atom is 1.00 e. The van der Waals surface area contributed by atoms with Crippen molar-refractivity contribution in [3.05, 3.63) is 36.0 Å². The molecule has 1 aromatic carbocycles. The Morgan fingerprint density at radius 2 is 1.94 bits per heavy atom. The minimum atomic E-state index is -0.478. The van der Waals surface area contributed by atoms with Crippen LogP contribution in [0.3, 0.4) is 0 Å². The van der Waals surface area contributed by atoms with Crippen molar-refractivity contribution < 1.29 is 39.5 Å². The van der Waals surface area contributed by atoms with Crippen molar-refractivity contribution in [2.24, 2.45) is 0 Å². The number of hydrogen-bond donors (Lipinski definition) is 0. The largest absolute Gasteiger partial charge is 1.00 e. The molecule has 0 N–H and O–H groups in total. The summed E-state index contributed by atoms with van der Waals surface area (Å²) in [5.41, 5.74) is 0.473. The smallest absolute Gasteiger partial charge is 0.857 e. The van der Waals surface area contributed by atoms with Crippen LogP contribution in [0, 0.1) is 0 Å². The number of aromatic nitrogens is 3. The van der Waals surface area contributed by atoms with E-state index in [0.717, 1.165) is 4.68 Å². The molecular formula is C10H8N3NaO2. The van der Waals surface area contributed by atoms with Crippen molar-refractivity contribution >= 4 is 5.78 Å². The molecule has 2 aromatic rings. The molecule has 0 radical (unpaired) electrons. The molecule has 0 bridgehead atoms. The first-order valence-corrected chi connectivity index (χ1v) is 4.39. The van der Waals surface area contributed by atoms with E-state index in [1.807, 2.05) is 6.07 Å². The molecule has 0 saturated heterocycles.